The smallest absolute Gasteiger partial charge is 0.246 e. The molecule has 4 heterocycles. The number of rotatable bonds is 6. The third kappa shape index (κ3) is 4.72. The molecule has 1 fully saturated rings. The number of nitrogens with zero attached hydrogens (tertiary/aromatic N) is 8. The molecule has 150 valence electrons. The highest BCUT2D eigenvalue weighted by Crippen LogP contribution is 2.15. The number of likely N-dealkylation sites (N-methyl/N-ethyl adjacent to an activating group) is 1. The van der Waals surface area contributed by atoms with E-state index in [2.05, 4.69) is 34.9 Å². The van der Waals surface area contributed by atoms with Gasteiger partial charge in [-0.05, 0) is 18.2 Å². The van der Waals surface area contributed by atoms with Crippen molar-refractivity contribution in [2.45, 2.75) is 6.54 Å². The lowest BCUT2D eigenvalue weighted by atomic mass is 10.2. The molecule has 10 nitrogen and oxygen atoms in total. The normalized spacial score (nSPS) is 14.7. The summed E-state index contributed by atoms with van der Waals surface area (Å²) in [6.45, 7) is 3.77. The van der Waals surface area contributed by atoms with Gasteiger partial charge in [-0.25, -0.2) is 9.97 Å². The van der Waals surface area contributed by atoms with Crippen LogP contribution in [0.15, 0.2) is 47.5 Å². The molecule has 29 heavy (non-hydrogen) atoms. The second-order valence-electron chi connectivity index (χ2n) is 6.81. The highest BCUT2D eigenvalue weighted by molar-refractivity contribution is 5.78. The average Bonchev–Trinajstić information content (AvgIpc) is 3.24. The molecule has 10 heteroatoms. The molecule has 1 amide bonds. The molecule has 0 spiro atoms. The number of piperazine rings is 1. The molecule has 0 aromatic carbocycles. The molecular weight excluding hydrogens is 372 g/mol. The fraction of sp³-hybridized carbons (Fsp3) is 0.368. The van der Waals surface area contributed by atoms with E-state index in [1.54, 1.807) is 42.8 Å². The number of amides is 1. The van der Waals surface area contributed by atoms with Gasteiger partial charge in [-0.2, -0.15) is 4.98 Å². The van der Waals surface area contributed by atoms with E-state index in [9.17, 15) is 4.79 Å². The van der Waals surface area contributed by atoms with Crippen LogP contribution in [0.2, 0.25) is 0 Å². The SMILES string of the molecule is CN(Cc1nc(-c2ccncc2)no1)C(=O)CN1CCN(c2ncccn2)CC1. The van der Waals surface area contributed by atoms with Gasteiger partial charge in [0.25, 0.3) is 0 Å². The minimum absolute atomic E-state index is 0.0121. The number of hydrogen-bond acceptors (Lipinski definition) is 9. The molecule has 3 aromatic heterocycles. The fourth-order valence-electron chi connectivity index (χ4n) is 3.10. The standard InChI is InChI=1S/C19H22N8O2/c1-25(13-16-23-18(24-29-16)15-3-7-20-8-4-15)17(28)14-26-9-11-27(12-10-26)19-21-5-2-6-22-19/h2-8H,9-14H2,1H3. The molecule has 0 bridgehead atoms. The van der Waals surface area contributed by atoms with Gasteiger partial charge in [0.1, 0.15) is 0 Å². The lowest BCUT2D eigenvalue weighted by Gasteiger charge is -2.34. The minimum Gasteiger partial charge on any atom is -0.338 e. The number of carbonyl (C=O) groups excluding carboxylic acids is 1. The number of carbonyl (C=O) groups is 1. The number of aromatic nitrogens is 5. The van der Waals surface area contributed by atoms with Gasteiger partial charge in [-0.3, -0.25) is 14.7 Å². The van der Waals surface area contributed by atoms with E-state index in [1.165, 1.54) is 0 Å². The van der Waals surface area contributed by atoms with Crippen LogP contribution in [0.4, 0.5) is 5.95 Å². The van der Waals surface area contributed by atoms with Gasteiger partial charge in [0.2, 0.25) is 23.6 Å². The average molecular weight is 394 g/mol. The van der Waals surface area contributed by atoms with E-state index in [0.29, 0.717) is 18.3 Å². The largest absolute Gasteiger partial charge is 0.338 e. The third-order valence-corrected chi connectivity index (χ3v) is 4.77. The van der Waals surface area contributed by atoms with Crippen molar-refractivity contribution in [2.75, 3.05) is 44.7 Å². The van der Waals surface area contributed by atoms with Gasteiger partial charge in [-0.1, -0.05) is 5.16 Å². The zero-order valence-electron chi connectivity index (χ0n) is 16.2. The van der Waals surface area contributed by atoms with Crippen LogP contribution < -0.4 is 4.90 Å². The maximum atomic E-state index is 12.6. The van der Waals surface area contributed by atoms with Crippen LogP contribution in [0.1, 0.15) is 5.89 Å². The Morgan fingerprint density at radius 3 is 2.55 bits per heavy atom. The summed E-state index contributed by atoms with van der Waals surface area (Å²) in [5.74, 6) is 1.64. The van der Waals surface area contributed by atoms with Crippen LogP contribution in [0.3, 0.4) is 0 Å². The topological polar surface area (TPSA) is 104 Å². The van der Waals surface area contributed by atoms with Gasteiger partial charge in [-0.15, -0.1) is 0 Å². The van der Waals surface area contributed by atoms with Crippen LogP contribution >= 0.6 is 0 Å². The Bertz CT molecular complexity index is 926. The molecule has 4 rings (SSSR count). The number of hydrogen-bond donors (Lipinski definition) is 0. The van der Waals surface area contributed by atoms with Crippen molar-refractivity contribution in [1.82, 2.24) is 34.9 Å². The molecule has 0 radical (unpaired) electrons. The molecule has 3 aromatic rings. The Morgan fingerprint density at radius 2 is 1.83 bits per heavy atom. The van der Waals surface area contributed by atoms with Gasteiger partial charge >= 0.3 is 0 Å². The van der Waals surface area contributed by atoms with Crippen molar-refractivity contribution in [3.8, 4) is 11.4 Å². The summed E-state index contributed by atoms with van der Waals surface area (Å²) in [5.41, 5.74) is 0.823. The summed E-state index contributed by atoms with van der Waals surface area (Å²) in [6, 6.07) is 5.42. The molecule has 0 aliphatic carbocycles. The molecule has 1 saturated heterocycles. The highest BCUT2D eigenvalue weighted by atomic mass is 16.5. The van der Waals surface area contributed by atoms with E-state index in [0.717, 1.165) is 37.7 Å². The van der Waals surface area contributed by atoms with Gasteiger partial charge in [0.05, 0.1) is 13.1 Å². The van der Waals surface area contributed by atoms with E-state index in [1.807, 2.05) is 12.1 Å². The molecule has 0 unspecified atom stereocenters. The van der Waals surface area contributed by atoms with Gasteiger partial charge in [0, 0.05) is 63.6 Å². The molecule has 0 atom stereocenters. The third-order valence-electron chi connectivity index (χ3n) is 4.77. The minimum atomic E-state index is 0.0121. The van der Waals surface area contributed by atoms with Crippen molar-refractivity contribution in [2.24, 2.45) is 0 Å². The summed E-state index contributed by atoms with van der Waals surface area (Å²) in [7, 11) is 1.74. The first-order valence-electron chi connectivity index (χ1n) is 9.40. The van der Waals surface area contributed by atoms with Crippen LogP contribution in [0.25, 0.3) is 11.4 Å². The highest BCUT2D eigenvalue weighted by Gasteiger charge is 2.22. The predicted octanol–water partition coefficient (Wildman–Crippen LogP) is 0.702. The summed E-state index contributed by atoms with van der Waals surface area (Å²) >= 11 is 0. The van der Waals surface area contributed by atoms with E-state index < -0.39 is 0 Å². The van der Waals surface area contributed by atoms with Crippen LogP contribution in [0, 0.1) is 0 Å². The maximum absolute atomic E-state index is 12.6. The Morgan fingerprint density at radius 1 is 1.10 bits per heavy atom. The zero-order valence-corrected chi connectivity index (χ0v) is 16.2. The Balaban J connectivity index is 1.27. The first kappa shape index (κ1) is 18.9. The fourth-order valence-corrected chi connectivity index (χ4v) is 3.10. The lowest BCUT2D eigenvalue weighted by molar-refractivity contribution is -0.132. The first-order chi connectivity index (χ1) is 14.2. The van der Waals surface area contributed by atoms with Crippen LogP contribution in [-0.2, 0) is 11.3 Å². The van der Waals surface area contributed by atoms with Crippen molar-refractivity contribution >= 4 is 11.9 Å². The molecular formula is C19H22N8O2. The summed E-state index contributed by atoms with van der Waals surface area (Å²) in [5, 5.41) is 3.97. The van der Waals surface area contributed by atoms with Crippen LogP contribution in [-0.4, -0.2) is 80.6 Å². The quantitative estimate of drug-likeness (QED) is 0.597. The summed E-state index contributed by atoms with van der Waals surface area (Å²) in [6.07, 6.45) is 6.82. The Hall–Kier alpha value is -3.40. The summed E-state index contributed by atoms with van der Waals surface area (Å²) < 4.78 is 5.28. The first-order valence-corrected chi connectivity index (χ1v) is 9.40. The second kappa shape index (κ2) is 8.74. The number of anilines is 1. The van der Waals surface area contributed by atoms with Crippen molar-refractivity contribution in [3.05, 3.63) is 48.9 Å². The maximum Gasteiger partial charge on any atom is 0.246 e. The monoisotopic (exact) mass is 394 g/mol. The Labute approximate surface area is 168 Å². The van der Waals surface area contributed by atoms with Gasteiger partial charge < -0.3 is 14.3 Å². The molecule has 1 aliphatic rings. The second-order valence-corrected chi connectivity index (χ2v) is 6.81. The Kier molecular flexibility index (Phi) is 5.71. The number of pyridine rings is 1. The summed E-state index contributed by atoms with van der Waals surface area (Å²) in [4.78, 5) is 35.4. The molecule has 1 aliphatic heterocycles. The van der Waals surface area contributed by atoms with Crippen molar-refractivity contribution in [1.29, 1.82) is 0 Å². The zero-order chi connectivity index (χ0) is 20.1. The lowest BCUT2D eigenvalue weighted by Crippen LogP contribution is -2.50. The van der Waals surface area contributed by atoms with E-state index in [4.69, 9.17) is 4.52 Å². The van der Waals surface area contributed by atoms with E-state index >= 15 is 0 Å². The van der Waals surface area contributed by atoms with E-state index in [-0.39, 0.29) is 12.5 Å². The molecule has 0 saturated carbocycles. The van der Waals surface area contributed by atoms with Gasteiger partial charge in [0.15, 0.2) is 0 Å². The van der Waals surface area contributed by atoms with Crippen LogP contribution in [0.5, 0.6) is 0 Å². The van der Waals surface area contributed by atoms with Crippen molar-refractivity contribution in [3.63, 3.8) is 0 Å². The predicted molar refractivity (Wildman–Crippen MR) is 105 cm³/mol. The molecule has 0 N–H and O–H groups in total. The van der Waals surface area contributed by atoms with Crippen molar-refractivity contribution < 1.29 is 9.32 Å².